The summed E-state index contributed by atoms with van der Waals surface area (Å²) in [6.45, 7) is 3.55. The lowest BCUT2D eigenvalue weighted by molar-refractivity contribution is -0.229. The number of benzene rings is 1. The second kappa shape index (κ2) is 11.6. The zero-order valence-corrected chi connectivity index (χ0v) is 20.1. The predicted octanol–water partition coefficient (Wildman–Crippen LogP) is 1.05. The lowest BCUT2D eigenvalue weighted by Crippen LogP contribution is -2.67. The van der Waals surface area contributed by atoms with Gasteiger partial charge in [-0.1, -0.05) is 23.3 Å². The highest BCUT2D eigenvalue weighted by Crippen LogP contribution is 2.34. The Bertz CT molecular complexity index is 1120. The zero-order chi connectivity index (χ0) is 26.3. The highest BCUT2D eigenvalue weighted by molar-refractivity contribution is 7.89. The Kier molecular flexibility index (Phi) is 9.17. The Hall–Kier alpha value is -3.68. The summed E-state index contributed by atoms with van der Waals surface area (Å²) >= 11 is 0. The topological polar surface area (TPSA) is 191 Å². The van der Waals surface area contributed by atoms with Gasteiger partial charge in [-0.15, -0.1) is 0 Å². The molecule has 0 aliphatic carbocycles. The Labute approximate surface area is 200 Å². The van der Waals surface area contributed by atoms with Crippen molar-refractivity contribution >= 4 is 33.8 Å². The van der Waals surface area contributed by atoms with E-state index in [2.05, 4.69) is 10.0 Å². The first-order valence-electron chi connectivity index (χ1n) is 10.2. The fourth-order valence-electron chi connectivity index (χ4n) is 3.54. The molecule has 1 aliphatic heterocycles. The van der Waals surface area contributed by atoms with E-state index < -0.39 is 71.0 Å². The van der Waals surface area contributed by atoms with Crippen LogP contribution in [0, 0.1) is 0 Å². The van der Waals surface area contributed by atoms with Gasteiger partial charge in [0.1, 0.15) is 18.8 Å². The van der Waals surface area contributed by atoms with Crippen molar-refractivity contribution in [3.63, 3.8) is 0 Å². The molecule has 0 unspecified atom stereocenters. The third-order valence-corrected chi connectivity index (χ3v) is 6.62. The first-order chi connectivity index (χ1) is 16.4. The van der Waals surface area contributed by atoms with Crippen LogP contribution in [0.25, 0.3) is 10.4 Å². The maximum Gasteiger partial charge on any atom is 0.303 e. The second-order valence-electron chi connectivity index (χ2n) is 7.34. The van der Waals surface area contributed by atoms with Gasteiger partial charge in [0.25, 0.3) is 10.0 Å². The van der Waals surface area contributed by atoms with Crippen molar-refractivity contribution in [3.8, 4) is 0 Å². The average molecular weight is 512 g/mol. The molecule has 0 spiro atoms. The van der Waals surface area contributed by atoms with Crippen LogP contribution in [0.4, 0.5) is 0 Å². The Morgan fingerprint density at radius 1 is 1.00 bits per heavy atom. The SMILES string of the molecule is CC(=O)OC[C@H]1O[C@@H](N=[N+]=[N-])[C@H](N(C(C)=O)S(=O)(=O)c2ccccc2)[C@@H](OC(C)=O)[C@@H]1OC(C)=O. The Balaban J connectivity index is 2.73. The van der Waals surface area contributed by atoms with E-state index in [1.807, 2.05) is 0 Å². The molecule has 0 radical (unpaired) electrons. The van der Waals surface area contributed by atoms with Gasteiger partial charge >= 0.3 is 17.9 Å². The van der Waals surface area contributed by atoms with Gasteiger partial charge in [-0.2, -0.15) is 0 Å². The fourth-order valence-corrected chi connectivity index (χ4v) is 5.15. The van der Waals surface area contributed by atoms with Crippen LogP contribution in [0.3, 0.4) is 0 Å². The standard InChI is InChI=1S/C20H24N4O10S/c1-11(25)24(35(29,30)15-8-6-5-7-9-15)17-19(33-14(4)28)18(32-13(3)27)16(10-31-12(2)26)34-20(17)22-23-21/h5-9,16-20H,10H2,1-4H3/t16-,17-,18-,19-,20-/m1/s1. The van der Waals surface area contributed by atoms with Gasteiger partial charge in [-0.05, 0) is 17.7 Å². The highest BCUT2D eigenvalue weighted by Gasteiger charge is 2.55. The molecule has 0 aromatic heterocycles. The number of hydrogen-bond donors (Lipinski definition) is 0. The molecule has 1 aromatic carbocycles. The summed E-state index contributed by atoms with van der Waals surface area (Å²) < 4.78 is 48.5. The van der Waals surface area contributed by atoms with E-state index in [9.17, 15) is 27.6 Å². The summed E-state index contributed by atoms with van der Waals surface area (Å²) in [5, 5.41) is 3.45. The summed E-state index contributed by atoms with van der Waals surface area (Å²) in [5.41, 5.74) is 9.11. The maximum absolute atomic E-state index is 13.5. The number of hydrogen-bond acceptors (Lipinski definition) is 11. The quantitative estimate of drug-likeness (QED) is 0.160. The normalized spacial score (nSPS) is 23.8. The molecule has 14 nitrogen and oxygen atoms in total. The van der Waals surface area contributed by atoms with Crippen molar-refractivity contribution < 1.29 is 46.5 Å². The van der Waals surface area contributed by atoms with E-state index in [0.29, 0.717) is 4.31 Å². The Morgan fingerprint density at radius 2 is 1.57 bits per heavy atom. The lowest BCUT2D eigenvalue weighted by Gasteiger charge is -2.46. The molecule has 2 rings (SSSR count). The molecule has 190 valence electrons. The van der Waals surface area contributed by atoms with Crippen molar-refractivity contribution in [2.45, 2.75) is 63.2 Å². The maximum atomic E-state index is 13.5. The number of carbonyl (C=O) groups excluding carboxylic acids is 4. The van der Waals surface area contributed by atoms with E-state index >= 15 is 0 Å². The Morgan fingerprint density at radius 3 is 2.06 bits per heavy atom. The molecule has 1 amide bonds. The summed E-state index contributed by atoms with van der Waals surface area (Å²) in [6, 6.07) is 5.08. The van der Waals surface area contributed by atoms with E-state index in [0.717, 1.165) is 27.7 Å². The summed E-state index contributed by atoms with van der Waals surface area (Å²) in [4.78, 5) is 50.3. The van der Waals surface area contributed by atoms with Crippen LogP contribution in [0.15, 0.2) is 40.3 Å². The molecule has 1 aliphatic rings. The molecule has 1 aromatic rings. The number of esters is 3. The lowest BCUT2D eigenvalue weighted by atomic mass is 9.95. The van der Waals surface area contributed by atoms with Gasteiger partial charge in [0, 0.05) is 32.6 Å². The predicted molar refractivity (Wildman–Crippen MR) is 115 cm³/mol. The molecule has 0 N–H and O–H groups in total. The van der Waals surface area contributed by atoms with Gasteiger partial charge < -0.3 is 18.9 Å². The van der Waals surface area contributed by atoms with E-state index in [4.69, 9.17) is 24.5 Å². The average Bonchev–Trinajstić information content (AvgIpc) is 2.76. The van der Waals surface area contributed by atoms with Crippen molar-refractivity contribution in [2.24, 2.45) is 5.11 Å². The molecular formula is C20H24N4O10S. The molecule has 1 fully saturated rings. The summed E-state index contributed by atoms with van der Waals surface area (Å²) in [7, 11) is -4.61. The van der Waals surface area contributed by atoms with Crippen molar-refractivity contribution in [2.75, 3.05) is 6.61 Å². The molecule has 35 heavy (non-hydrogen) atoms. The summed E-state index contributed by atoms with van der Waals surface area (Å²) in [6.07, 6.45) is -6.33. The molecule has 1 saturated heterocycles. The van der Waals surface area contributed by atoms with Crippen molar-refractivity contribution in [1.82, 2.24) is 4.31 Å². The van der Waals surface area contributed by atoms with Crippen LogP contribution in [-0.2, 0) is 48.1 Å². The zero-order valence-electron chi connectivity index (χ0n) is 19.3. The van der Waals surface area contributed by atoms with Crippen LogP contribution in [0.5, 0.6) is 0 Å². The number of rotatable bonds is 8. The van der Waals surface area contributed by atoms with Crippen LogP contribution in [0.1, 0.15) is 27.7 Å². The van der Waals surface area contributed by atoms with Crippen LogP contribution >= 0.6 is 0 Å². The third-order valence-electron chi connectivity index (χ3n) is 4.73. The third kappa shape index (κ3) is 6.68. The number of nitrogens with zero attached hydrogens (tertiary/aromatic N) is 4. The molecule has 1 heterocycles. The minimum atomic E-state index is -4.61. The highest BCUT2D eigenvalue weighted by atomic mass is 32.2. The van der Waals surface area contributed by atoms with E-state index in [1.54, 1.807) is 6.07 Å². The fraction of sp³-hybridized carbons (Fsp3) is 0.500. The van der Waals surface area contributed by atoms with Crippen molar-refractivity contribution in [3.05, 3.63) is 40.8 Å². The number of azide groups is 1. The number of ether oxygens (including phenoxy) is 4. The molecule has 15 heteroatoms. The van der Waals surface area contributed by atoms with Crippen LogP contribution < -0.4 is 0 Å². The first-order valence-corrected chi connectivity index (χ1v) is 11.6. The van der Waals surface area contributed by atoms with Gasteiger partial charge in [-0.25, -0.2) is 12.7 Å². The van der Waals surface area contributed by atoms with Crippen LogP contribution in [-0.4, -0.2) is 73.7 Å². The summed E-state index contributed by atoms with van der Waals surface area (Å²) in [5.74, 6) is -3.55. The van der Waals surface area contributed by atoms with Crippen molar-refractivity contribution in [1.29, 1.82) is 0 Å². The number of carbonyl (C=O) groups is 4. The first kappa shape index (κ1) is 27.6. The molecule has 5 atom stereocenters. The van der Waals surface area contributed by atoms with E-state index in [-0.39, 0.29) is 4.90 Å². The van der Waals surface area contributed by atoms with Gasteiger partial charge in [0.05, 0.1) is 4.90 Å². The van der Waals surface area contributed by atoms with Gasteiger partial charge in [0.2, 0.25) is 5.91 Å². The molecular weight excluding hydrogens is 488 g/mol. The molecule has 0 bridgehead atoms. The van der Waals surface area contributed by atoms with Gasteiger partial charge in [0.15, 0.2) is 18.4 Å². The minimum absolute atomic E-state index is 0.289. The number of sulfonamides is 1. The monoisotopic (exact) mass is 512 g/mol. The molecule has 0 saturated carbocycles. The van der Waals surface area contributed by atoms with Crippen LogP contribution in [0.2, 0.25) is 0 Å². The van der Waals surface area contributed by atoms with Gasteiger partial charge in [-0.3, -0.25) is 19.2 Å². The number of amides is 1. The smallest absolute Gasteiger partial charge is 0.303 e. The van der Waals surface area contributed by atoms with E-state index in [1.165, 1.54) is 24.3 Å². The minimum Gasteiger partial charge on any atom is -0.463 e. The second-order valence-corrected chi connectivity index (χ2v) is 9.16. The largest absolute Gasteiger partial charge is 0.463 e.